The van der Waals surface area contributed by atoms with Gasteiger partial charge in [-0.1, -0.05) is 0 Å². The molecule has 2 rings (SSSR count). The molecule has 0 bridgehead atoms. The van der Waals surface area contributed by atoms with Gasteiger partial charge in [-0.2, -0.15) is 0 Å². The zero-order valence-corrected chi connectivity index (χ0v) is 9.19. The predicted molar refractivity (Wildman–Crippen MR) is 58.3 cm³/mol. The summed E-state index contributed by atoms with van der Waals surface area (Å²) in [7, 11) is 0. The highest BCUT2D eigenvalue weighted by Gasteiger charge is 2.29. The van der Waals surface area contributed by atoms with E-state index in [1.807, 2.05) is 12.5 Å². The third kappa shape index (κ3) is 2.79. The molecule has 2 N–H and O–H groups in total. The van der Waals surface area contributed by atoms with Gasteiger partial charge in [-0.25, -0.2) is 4.98 Å². The second-order valence-corrected chi connectivity index (χ2v) is 4.21. The molecule has 1 fully saturated rings. The molecule has 1 unspecified atom stereocenters. The van der Waals surface area contributed by atoms with Gasteiger partial charge in [0.25, 0.3) is 0 Å². The second-order valence-electron chi connectivity index (χ2n) is 4.21. The number of nitrogens with one attached hydrogen (secondary N) is 1. The molecule has 84 valence electrons. The zero-order valence-electron chi connectivity index (χ0n) is 9.19. The van der Waals surface area contributed by atoms with Crippen molar-refractivity contribution in [2.45, 2.75) is 39.0 Å². The highest BCUT2D eigenvalue weighted by molar-refractivity contribution is 4.97. The Labute approximate surface area is 90.3 Å². The highest BCUT2D eigenvalue weighted by Crippen LogP contribution is 2.32. The van der Waals surface area contributed by atoms with E-state index in [-0.39, 0.29) is 6.10 Å². The lowest BCUT2D eigenvalue weighted by atomic mass is 10.2. The molecule has 0 saturated heterocycles. The lowest BCUT2D eigenvalue weighted by Crippen LogP contribution is -2.28. The topological polar surface area (TPSA) is 50.1 Å². The van der Waals surface area contributed by atoms with Crippen LogP contribution in [0, 0.1) is 5.92 Å². The fourth-order valence-corrected chi connectivity index (χ4v) is 1.78. The Bertz CT molecular complexity index is 307. The lowest BCUT2D eigenvalue weighted by molar-refractivity contribution is 0.148. The fraction of sp³-hybridized carbons (Fsp3) is 0.727. The monoisotopic (exact) mass is 209 g/mol. The minimum atomic E-state index is -0.164. The van der Waals surface area contributed by atoms with Crippen molar-refractivity contribution in [3.05, 3.63) is 18.2 Å². The summed E-state index contributed by atoms with van der Waals surface area (Å²) in [6.07, 6.45) is 5.93. The average molecular weight is 209 g/mol. The molecule has 0 amide bonds. The molecular weight excluding hydrogens is 190 g/mol. The van der Waals surface area contributed by atoms with E-state index in [0.29, 0.717) is 12.5 Å². The first-order valence-electron chi connectivity index (χ1n) is 5.69. The van der Waals surface area contributed by atoms with E-state index in [4.69, 9.17) is 0 Å². The molecule has 1 saturated carbocycles. The largest absolute Gasteiger partial charge is 0.392 e. The van der Waals surface area contributed by atoms with Gasteiger partial charge in [-0.15, -0.1) is 0 Å². The molecule has 0 aromatic carbocycles. The number of aromatic nitrogens is 2. The first kappa shape index (κ1) is 10.6. The summed E-state index contributed by atoms with van der Waals surface area (Å²) in [6, 6.07) is 0. The van der Waals surface area contributed by atoms with Gasteiger partial charge in [0, 0.05) is 25.8 Å². The zero-order chi connectivity index (χ0) is 10.7. The van der Waals surface area contributed by atoms with Crippen molar-refractivity contribution in [2.75, 3.05) is 6.54 Å². The molecule has 15 heavy (non-hydrogen) atoms. The summed E-state index contributed by atoms with van der Waals surface area (Å²) in [6.45, 7) is 4.53. The van der Waals surface area contributed by atoms with Crippen molar-refractivity contribution in [3.63, 3.8) is 0 Å². The number of imidazole rings is 1. The van der Waals surface area contributed by atoms with Crippen LogP contribution in [0.3, 0.4) is 0 Å². The van der Waals surface area contributed by atoms with Crippen molar-refractivity contribution in [2.24, 2.45) is 5.92 Å². The van der Waals surface area contributed by atoms with Crippen molar-refractivity contribution in [1.82, 2.24) is 14.9 Å². The molecule has 0 aliphatic heterocycles. The Kier molecular flexibility index (Phi) is 3.38. The number of aryl methyl sites for hydroxylation is 1. The van der Waals surface area contributed by atoms with E-state index in [1.165, 1.54) is 18.5 Å². The quantitative estimate of drug-likeness (QED) is 0.727. The van der Waals surface area contributed by atoms with Crippen LogP contribution < -0.4 is 5.32 Å². The maximum Gasteiger partial charge on any atom is 0.0948 e. The van der Waals surface area contributed by atoms with Crippen LogP contribution >= 0.6 is 0 Å². The van der Waals surface area contributed by atoms with E-state index in [2.05, 4.69) is 21.8 Å². The molecule has 1 aliphatic rings. The molecule has 1 heterocycles. The number of rotatable bonds is 6. The van der Waals surface area contributed by atoms with Crippen LogP contribution in [0.5, 0.6) is 0 Å². The third-order valence-corrected chi connectivity index (χ3v) is 2.96. The molecule has 1 aromatic rings. The molecule has 0 radical (unpaired) electrons. The van der Waals surface area contributed by atoms with Crippen LogP contribution in [0.1, 0.15) is 25.5 Å². The van der Waals surface area contributed by atoms with Crippen molar-refractivity contribution >= 4 is 0 Å². The number of aliphatic hydroxyl groups is 1. The average Bonchev–Trinajstić information content (AvgIpc) is 2.99. The van der Waals surface area contributed by atoms with Crippen LogP contribution in [0.4, 0.5) is 0 Å². The van der Waals surface area contributed by atoms with Crippen LogP contribution in [0.2, 0.25) is 0 Å². The van der Waals surface area contributed by atoms with Gasteiger partial charge >= 0.3 is 0 Å². The van der Waals surface area contributed by atoms with Crippen molar-refractivity contribution in [3.8, 4) is 0 Å². The first-order chi connectivity index (χ1) is 7.31. The van der Waals surface area contributed by atoms with Gasteiger partial charge in [0.1, 0.15) is 0 Å². The Hall–Kier alpha value is -0.870. The Balaban J connectivity index is 1.72. The maximum absolute atomic E-state index is 9.66. The maximum atomic E-state index is 9.66. The molecule has 0 spiro atoms. The number of aliphatic hydroxyl groups excluding tert-OH is 1. The Morgan fingerprint density at radius 2 is 2.47 bits per heavy atom. The normalized spacial score (nSPS) is 18.0. The summed E-state index contributed by atoms with van der Waals surface area (Å²) in [4.78, 5) is 4.10. The van der Waals surface area contributed by atoms with E-state index in [0.717, 1.165) is 13.1 Å². The third-order valence-electron chi connectivity index (χ3n) is 2.96. The standard InChI is InChI=1S/C11H19N3O/c1-2-14-8-13-6-10(14)5-12-7-11(15)9-3-4-9/h6,8-9,11-12,15H,2-5,7H2,1H3. The number of nitrogens with zero attached hydrogens (tertiary/aromatic N) is 2. The minimum Gasteiger partial charge on any atom is -0.392 e. The van der Waals surface area contributed by atoms with Crippen LogP contribution in [-0.2, 0) is 13.1 Å². The van der Waals surface area contributed by atoms with E-state index in [1.54, 1.807) is 0 Å². The van der Waals surface area contributed by atoms with Crippen molar-refractivity contribution < 1.29 is 5.11 Å². The molecule has 4 heteroatoms. The van der Waals surface area contributed by atoms with Gasteiger partial charge < -0.3 is 15.0 Å². The van der Waals surface area contributed by atoms with Crippen LogP contribution in [0.15, 0.2) is 12.5 Å². The highest BCUT2D eigenvalue weighted by atomic mass is 16.3. The van der Waals surface area contributed by atoms with E-state index >= 15 is 0 Å². The van der Waals surface area contributed by atoms with Gasteiger partial charge in [0.05, 0.1) is 18.1 Å². The van der Waals surface area contributed by atoms with Gasteiger partial charge in [-0.3, -0.25) is 0 Å². The molecule has 1 atom stereocenters. The summed E-state index contributed by atoms with van der Waals surface area (Å²) >= 11 is 0. The van der Waals surface area contributed by atoms with Crippen LogP contribution in [0.25, 0.3) is 0 Å². The molecule has 1 aromatic heterocycles. The van der Waals surface area contributed by atoms with Gasteiger partial charge in [0.2, 0.25) is 0 Å². The van der Waals surface area contributed by atoms with Crippen molar-refractivity contribution in [1.29, 1.82) is 0 Å². The molecule has 4 nitrogen and oxygen atoms in total. The first-order valence-corrected chi connectivity index (χ1v) is 5.69. The van der Waals surface area contributed by atoms with Crippen LogP contribution in [-0.4, -0.2) is 27.3 Å². The Morgan fingerprint density at radius 1 is 1.67 bits per heavy atom. The summed E-state index contributed by atoms with van der Waals surface area (Å²) in [5.74, 6) is 0.550. The van der Waals surface area contributed by atoms with E-state index in [9.17, 15) is 5.11 Å². The molecule has 1 aliphatic carbocycles. The minimum absolute atomic E-state index is 0.164. The number of hydrogen-bond donors (Lipinski definition) is 2. The smallest absolute Gasteiger partial charge is 0.0948 e. The number of hydrogen-bond acceptors (Lipinski definition) is 3. The van der Waals surface area contributed by atoms with Gasteiger partial charge in [-0.05, 0) is 25.7 Å². The summed E-state index contributed by atoms with van der Waals surface area (Å²) in [5, 5.41) is 12.9. The van der Waals surface area contributed by atoms with E-state index < -0.39 is 0 Å². The Morgan fingerprint density at radius 3 is 3.13 bits per heavy atom. The predicted octanol–water partition coefficient (Wildman–Crippen LogP) is 0.763. The lowest BCUT2D eigenvalue weighted by Gasteiger charge is -2.11. The summed E-state index contributed by atoms with van der Waals surface area (Å²) < 4.78 is 2.11. The second kappa shape index (κ2) is 4.77. The SMILES string of the molecule is CCn1cncc1CNCC(O)C1CC1. The molecular formula is C11H19N3O. The van der Waals surface area contributed by atoms with Gasteiger partial charge in [0.15, 0.2) is 0 Å². The summed E-state index contributed by atoms with van der Waals surface area (Å²) in [5.41, 5.74) is 1.18. The fourth-order valence-electron chi connectivity index (χ4n) is 1.78.